The molecule has 0 radical (unpaired) electrons. The van der Waals surface area contributed by atoms with E-state index in [1.807, 2.05) is 6.92 Å². The molecule has 2 aromatic rings. The Morgan fingerprint density at radius 3 is 2.41 bits per heavy atom. The maximum atomic E-state index is 13.9. The van der Waals surface area contributed by atoms with Crippen LogP contribution >= 0.6 is 0 Å². The van der Waals surface area contributed by atoms with Gasteiger partial charge in [0.15, 0.2) is 18.7 Å². The van der Waals surface area contributed by atoms with E-state index in [0.717, 1.165) is 0 Å². The summed E-state index contributed by atoms with van der Waals surface area (Å²) in [6.07, 6.45) is -12.3. The number of ether oxygens (including phenoxy) is 4. The number of hydrogen-bond donors (Lipinski definition) is 5. The lowest BCUT2D eigenvalue weighted by Gasteiger charge is -2.43. The summed E-state index contributed by atoms with van der Waals surface area (Å²) < 4.78 is 61.1. The average Bonchev–Trinajstić information content (AvgIpc) is 3.07. The number of carbonyl (C=O) groups excluding carboxylic acids is 5. The van der Waals surface area contributed by atoms with E-state index in [1.165, 1.54) is 32.2 Å². The number of unbranched alkanes of at least 4 members (excludes halogenated alkanes) is 1. The van der Waals surface area contributed by atoms with Crippen LogP contribution in [0.5, 0.6) is 17.2 Å². The molecule has 1 amide bonds. The Morgan fingerprint density at radius 2 is 1.76 bits per heavy atom. The van der Waals surface area contributed by atoms with Crippen LogP contribution in [-0.4, -0.2) is 99.7 Å². The van der Waals surface area contributed by atoms with Crippen molar-refractivity contribution in [3.8, 4) is 17.2 Å². The van der Waals surface area contributed by atoms with Gasteiger partial charge < -0.3 is 44.7 Å². The quantitative estimate of drug-likeness (QED) is 0.150. The number of benzene rings is 2. The predicted molar refractivity (Wildman–Crippen MR) is 165 cm³/mol. The van der Waals surface area contributed by atoms with Gasteiger partial charge in [0.05, 0.1) is 42.0 Å². The van der Waals surface area contributed by atoms with E-state index < -0.39 is 120 Å². The third-order valence-electron chi connectivity index (χ3n) is 9.29. The average molecular weight is 724 g/mol. The molecular weight excluding hydrogens is 687 g/mol. The predicted octanol–water partition coefficient (Wildman–Crippen LogP) is 2.46. The summed E-state index contributed by atoms with van der Waals surface area (Å²) in [5.74, 6) is -7.66. The number of methoxy groups -OCH3 is 1. The van der Waals surface area contributed by atoms with Gasteiger partial charge in [-0.2, -0.15) is 13.2 Å². The van der Waals surface area contributed by atoms with Crippen LogP contribution in [-0.2, 0) is 35.0 Å². The van der Waals surface area contributed by atoms with Gasteiger partial charge in [0.25, 0.3) is 0 Å². The van der Waals surface area contributed by atoms with Crippen molar-refractivity contribution in [3.05, 3.63) is 51.6 Å². The molecule has 1 aliphatic heterocycles. The first kappa shape index (κ1) is 37.7. The van der Waals surface area contributed by atoms with Crippen LogP contribution in [0.2, 0.25) is 0 Å². The molecule has 1 fully saturated rings. The second kappa shape index (κ2) is 14.2. The second-order valence-corrected chi connectivity index (χ2v) is 12.7. The van der Waals surface area contributed by atoms with Gasteiger partial charge in [-0.25, -0.2) is 0 Å². The number of esters is 1. The molecule has 51 heavy (non-hydrogen) atoms. The lowest BCUT2D eigenvalue weighted by atomic mass is 9.72. The van der Waals surface area contributed by atoms with Crippen LogP contribution < -0.4 is 10.1 Å². The van der Waals surface area contributed by atoms with Crippen LogP contribution in [0.15, 0.2) is 18.2 Å². The molecule has 17 heteroatoms. The number of aliphatic hydroxyl groups is 2. The SMILES string of the molecule is CCCCC(=O)OCC(=O)[C@]1(O)Cc2c(O)c3c(c(O)c2C(OC2CC(NC(=O)C(F)(F)F)C(O)C(C)O2)C1)C(=O)c1c(OC)cccc1C3=O. The van der Waals surface area contributed by atoms with E-state index in [4.69, 9.17) is 18.9 Å². The van der Waals surface area contributed by atoms with Crippen LogP contribution in [0.4, 0.5) is 13.2 Å². The Hall–Kier alpha value is -4.58. The van der Waals surface area contributed by atoms with Crippen molar-refractivity contribution in [2.75, 3.05) is 13.7 Å². The summed E-state index contributed by atoms with van der Waals surface area (Å²) in [7, 11) is 1.25. The van der Waals surface area contributed by atoms with Gasteiger partial charge in [-0.15, -0.1) is 0 Å². The fourth-order valence-corrected chi connectivity index (χ4v) is 6.64. The first-order valence-electron chi connectivity index (χ1n) is 16.1. The number of aliphatic hydroxyl groups excluding tert-OH is 1. The number of phenols is 2. The Bertz CT molecular complexity index is 1780. The highest BCUT2D eigenvalue weighted by Crippen LogP contribution is 2.52. The van der Waals surface area contributed by atoms with Crippen LogP contribution in [0.3, 0.4) is 0 Å². The molecule has 0 saturated carbocycles. The number of rotatable bonds is 10. The largest absolute Gasteiger partial charge is 0.507 e. The summed E-state index contributed by atoms with van der Waals surface area (Å²) in [6, 6.07) is 2.58. The Labute approximate surface area is 288 Å². The van der Waals surface area contributed by atoms with E-state index in [-0.39, 0.29) is 34.4 Å². The van der Waals surface area contributed by atoms with Crippen molar-refractivity contribution in [1.82, 2.24) is 5.32 Å². The van der Waals surface area contributed by atoms with Gasteiger partial charge in [0, 0.05) is 42.4 Å². The van der Waals surface area contributed by atoms with E-state index in [0.29, 0.717) is 12.8 Å². The molecule has 0 bridgehead atoms. The molecule has 0 aromatic heterocycles. The lowest BCUT2D eigenvalue weighted by molar-refractivity contribution is -0.250. The maximum Gasteiger partial charge on any atom is 0.471 e. The molecule has 6 atom stereocenters. The van der Waals surface area contributed by atoms with Crippen molar-refractivity contribution < 1.29 is 76.5 Å². The summed E-state index contributed by atoms with van der Waals surface area (Å²) in [5.41, 5.74) is -4.85. The molecule has 276 valence electrons. The van der Waals surface area contributed by atoms with Gasteiger partial charge in [-0.05, 0) is 19.4 Å². The zero-order valence-electron chi connectivity index (χ0n) is 27.7. The molecule has 1 heterocycles. The number of alkyl halides is 3. The summed E-state index contributed by atoms with van der Waals surface area (Å²) >= 11 is 0. The highest BCUT2D eigenvalue weighted by Gasteiger charge is 2.51. The first-order chi connectivity index (χ1) is 23.9. The van der Waals surface area contributed by atoms with Crippen LogP contribution in [0.1, 0.15) is 95.0 Å². The first-order valence-corrected chi connectivity index (χ1v) is 16.1. The van der Waals surface area contributed by atoms with Crippen molar-refractivity contribution in [2.45, 2.75) is 94.8 Å². The fraction of sp³-hybridized carbons (Fsp3) is 0.500. The smallest absolute Gasteiger partial charge is 0.471 e. The van der Waals surface area contributed by atoms with Gasteiger partial charge >= 0.3 is 18.1 Å². The minimum atomic E-state index is -5.29. The zero-order valence-corrected chi connectivity index (χ0v) is 27.7. The summed E-state index contributed by atoms with van der Waals surface area (Å²) in [4.78, 5) is 64.9. The Kier molecular flexibility index (Phi) is 10.5. The number of amides is 1. The molecule has 2 aromatic carbocycles. The number of Topliss-reactive ketones (excluding diaryl/α,β-unsaturated/α-hetero) is 1. The highest BCUT2D eigenvalue weighted by atomic mass is 19.4. The van der Waals surface area contributed by atoms with Crippen LogP contribution in [0.25, 0.3) is 0 Å². The molecule has 3 aliphatic rings. The molecule has 1 saturated heterocycles. The summed E-state index contributed by atoms with van der Waals surface area (Å²) in [6.45, 7) is 2.21. The Balaban J connectivity index is 1.58. The molecule has 0 spiro atoms. The standard InChI is InChI=1S/C34H36F3NO13/c1-4-5-9-21(40)49-13-20(39)33(47)11-16-24(19(12-33)51-22-10-17(27(41)14(2)50-22)38-32(46)34(35,36)37)31(45)26-25(29(16)43)28(42)15-7-6-8-18(48-3)23(15)30(26)44/h6-8,14,17,19,22,27,41,43,45,47H,4-5,9-13H2,1-3H3,(H,38,46)/t14?,17?,19?,22?,27?,33-/m0/s1. The lowest BCUT2D eigenvalue weighted by Crippen LogP contribution is -2.57. The third kappa shape index (κ3) is 7.02. The van der Waals surface area contributed by atoms with E-state index >= 15 is 0 Å². The fourth-order valence-electron chi connectivity index (χ4n) is 6.64. The van der Waals surface area contributed by atoms with E-state index in [9.17, 15) is 57.6 Å². The maximum absolute atomic E-state index is 13.9. The molecule has 14 nitrogen and oxygen atoms in total. The topological polar surface area (TPSA) is 215 Å². The molecule has 5 N–H and O–H groups in total. The number of fused-ring (bicyclic) bond motifs is 3. The van der Waals surface area contributed by atoms with Gasteiger partial charge in [-0.1, -0.05) is 25.5 Å². The number of ketones is 3. The normalized spacial score (nSPS) is 25.7. The molecular formula is C34H36F3NO13. The molecule has 2 aliphatic carbocycles. The van der Waals surface area contributed by atoms with Crippen molar-refractivity contribution in [2.24, 2.45) is 0 Å². The number of hydrogen-bond acceptors (Lipinski definition) is 13. The van der Waals surface area contributed by atoms with Gasteiger partial charge in [0.1, 0.15) is 29.0 Å². The second-order valence-electron chi connectivity index (χ2n) is 12.7. The number of aromatic hydroxyl groups is 2. The number of carbonyl (C=O) groups is 5. The van der Waals surface area contributed by atoms with Gasteiger partial charge in [0.2, 0.25) is 11.6 Å². The number of nitrogens with one attached hydrogen (secondary N) is 1. The van der Waals surface area contributed by atoms with E-state index in [2.05, 4.69) is 0 Å². The van der Waals surface area contributed by atoms with Gasteiger partial charge in [-0.3, -0.25) is 24.0 Å². The molecule has 5 rings (SSSR count). The minimum absolute atomic E-state index is 0.00489. The molecule has 5 unspecified atom stereocenters. The van der Waals surface area contributed by atoms with E-state index in [1.54, 1.807) is 5.32 Å². The van der Waals surface area contributed by atoms with Crippen LogP contribution in [0, 0.1) is 0 Å². The van der Waals surface area contributed by atoms with Crippen molar-refractivity contribution in [1.29, 1.82) is 0 Å². The zero-order chi connectivity index (χ0) is 37.6. The monoisotopic (exact) mass is 723 g/mol. The highest BCUT2D eigenvalue weighted by molar-refractivity contribution is 6.31. The number of phenolic OH excluding ortho intramolecular Hbond substituents is 2. The summed E-state index contributed by atoms with van der Waals surface area (Å²) in [5, 5.41) is 47.2. The van der Waals surface area contributed by atoms with Crippen molar-refractivity contribution >= 4 is 29.2 Å². The van der Waals surface area contributed by atoms with Crippen molar-refractivity contribution in [3.63, 3.8) is 0 Å². The Morgan fingerprint density at radius 1 is 1.08 bits per heavy atom. The number of halogens is 3. The minimum Gasteiger partial charge on any atom is -0.507 e. The third-order valence-corrected chi connectivity index (χ3v) is 9.29.